The predicted molar refractivity (Wildman–Crippen MR) is 78.2 cm³/mol. The van der Waals surface area contributed by atoms with E-state index in [1.165, 1.54) is 0 Å². The van der Waals surface area contributed by atoms with Crippen LogP contribution in [-0.4, -0.2) is 29.0 Å². The summed E-state index contributed by atoms with van der Waals surface area (Å²) in [7, 11) is 3.20. The van der Waals surface area contributed by atoms with E-state index in [-0.39, 0.29) is 5.41 Å². The Balaban J connectivity index is 2.60. The van der Waals surface area contributed by atoms with Crippen molar-refractivity contribution in [2.24, 2.45) is 0 Å². The van der Waals surface area contributed by atoms with Crippen molar-refractivity contribution in [1.82, 2.24) is 14.8 Å². The summed E-state index contributed by atoms with van der Waals surface area (Å²) in [5, 5.41) is 8.46. The summed E-state index contributed by atoms with van der Waals surface area (Å²) in [6, 6.07) is 5.58. The highest BCUT2D eigenvalue weighted by Crippen LogP contribution is 2.32. The van der Waals surface area contributed by atoms with E-state index in [1.54, 1.807) is 14.2 Å². The predicted octanol–water partition coefficient (Wildman–Crippen LogP) is 3.24. The standard InChI is InChI=1S/C14H18ClN3O2/c1-14(2,3)12-16-17-13(15)18(12)9-6-7-10(19-4)11(8-9)20-5/h6-8H,1-5H3. The number of halogens is 1. The summed E-state index contributed by atoms with van der Waals surface area (Å²) in [6.45, 7) is 6.18. The van der Waals surface area contributed by atoms with Crippen molar-refractivity contribution in [3.8, 4) is 17.2 Å². The maximum absolute atomic E-state index is 6.17. The summed E-state index contributed by atoms with van der Waals surface area (Å²) in [6.07, 6.45) is 0. The molecule has 1 aromatic heterocycles. The zero-order valence-corrected chi connectivity index (χ0v) is 13.0. The SMILES string of the molecule is COc1ccc(-n2c(Cl)nnc2C(C)(C)C)cc1OC. The lowest BCUT2D eigenvalue weighted by molar-refractivity contribution is 0.354. The number of rotatable bonds is 3. The Kier molecular flexibility index (Phi) is 3.90. The second-order valence-electron chi connectivity index (χ2n) is 5.42. The van der Waals surface area contributed by atoms with E-state index in [4.69, 9.17) is 21.1 Å². The molecule has 0 saturated heterocycles. The fourth-order valence-electron chi connectivity index (χ4n) is 1.94. The summed E-state index contributed by atoms with van der Waals surface area (Å²) >= 11 is 6.17. The molecule has 0 saturated carbocycles. The van der Waals surface area contributed by atoms with Gasteiger partial charge in [0, 0.05) is 11.5 Å². The first-order valence-corrected chi connectivity index (χ1v) is 6.60. The van der Waals surface area contributed by atoms with Crippen molar-refractivity contribution in [3.05, 3.63) is 29.3 Å². The molecule has 0 unspecified atom stereocenters. The van der Waals surface area contributed by atoms with Crippen LogP contribution >= 0.6 is 11.6 Å². The van der Waals surface area contributed by atoms with Gasteiger partial charge in [-0.2, -0.15) is 0 Å². The molecule has 108 valence electrons. The molecule has 0 atom stereocenters. The summed E-state index contributed by atoms with van der Waals surface area (Å²) in [5.41, 5.74) is 0.662. The molecule has 0 N–H and O–H groups in total. The Morgan fingerprint density at radius 1 is 1.05 bits per heavy atom. The molecule has 0 fully saturated rings. The molecule has 1 aromatic carbocycles. The molecule has 0 amide bonds. The number of benzene rings is 1. The molecule has 0 aliphatic carbocycles. The monoisotopic (exact) mass is 295 g/mol. The third-order valence-corrected chi connectivity index (χ3v) is 3.16. The number of hydrogen-bond donors (Lipinski definition) is 0. The summed E-state index contributed by atoms with van der Waals surface area (Å²) in [5.74, 6) is 2.09. The van der Waals surface area contributed by atoms with Gasteiger partial charge < -0.3 is 9.47 Å². The van der Waals surface area contributed by atoms with Gasteiger partial charge in [-0.05, 0) is 23.7 Å². The minimum absolute atomic E-state index is 0.173. The molecule has 2 rings (SSSR count). The highest BCUT2D eigenvalue weighted by Gasteiger charge is 2.24. The molecule has 0 aliphatic rings. The summed E-state index contributed by atoms with van der Waals surface area (Å²) < 4.78 is 12.4. The minimum atomic E-state index is -0.173. The van der Waals surface area contributed by atoms with E-state index in [9.17, 15) is 0 Å². The summed E-state index contributed by atoms with van der Waals surface area (Å²) in [4.78, 5) is 0. The molecule has 0 radical (unpaired) electrons. The van der Waals surface area contributed by atoms with Gasteiger partial charge >= 0.3 is 0 Å². The van der Waals surface area contributed by atoms with E-state index >= 15 is 0 Å². The zero-order valence-electron chi connectivity index (χ0n) is 12.3. The molecule has 20 heavy (non-hydrogen) atoms. The van der Waals surface area contributed by atoms with Crippen molar-refractivity contribution in [2.45, 2.75) is 26.2 Å². The van der Waals surface area contributed by atoms with E-state index in [1.807, 2.05) is 22.8 Å². The van der Waals surface area contributed by atoms with Crippen LogP contribution in [0.15, 0.2) is 18.2 Å². The van der Waals surface area contributed by atoms with Crippen LogP contribution in [-0.2, 0) is 5.41 Å². The molecule has 0 bridgehead atoms. The van der Waals surface area contributed by atoms with Gasteiger partial charge in [-0.25, -0.2) is 0 Å². The van der Waals surface area contributed by atoms with Crippen LogP contribution in [0, 0.1) is 0 Å². The highest BCUT2D eigenvalue weighted by atomic mass is 35.5. The normalized spacial score (nSPS) is 11.5. The molecule has 5 nitrogen and oxygen atoms in total. The number of nitrogens with zero attached hydrogens (tertiary/aromatic N) is 3. The van der Waals surface area contributed by atoms with Gasteiger partial charge in [0.1, 0.15) is 5.82 Å². The molecular weight excluding hydrogens is 278 g/mol. The van der Waals surface area contributed by atoms with Gasteiger partial charge in [0.25, 0.3) is 0 Å². The lowest BCUT2D eigenvalue weighted by atomic mass is 9.95. The van der Waals surface area contributed by atoms with E-state index in [2.05, 4.69) is 31.0 Å². The average Bonchev–Trinajstić information content (AvgIpc) is 2.79. The fraction of sp³-hybridized carbons (Fsp3) is 0.429. The van der Waals surface area contributed by atoms with Crippen LogP contribution in [0.3, 0.4) is 0 Å². The Bertz CT molecular complexity index is 617. The number of hydrogen-bond acceptors (Lipinski definition) is 4. The van der Waals surface area contributed by atoms with E-state index < -0.39 is 0 Å². The fourth-order valence-corrected chi connectivity index (χ4v) is 2.16. The molecule has 0 aliphatic heterocycles. The quantitative estimate of drug-likeness (QED) is 0.872. The highest BCUT2D eigenvalue weighted by molar-refractivity contribution is 6.28. The van der Waals surface area contributed by atoms with Gasteiger partial charge in [0.05, 0.1) is 19.9 Å². The lowest BCUT2D eigenvalue weighted by Crippen LogP contribution is -2.18. The molecular formula is C14H18ClN3O2. The van der Waals surface area contributed by atoms with Crippen molar-refractivity contribution in [1.29, 1.82) is 0 Å². The third-order valence-electron chi connectivity index (χ3n) is 2.92. The van der Waals surface area contributed by atoms with Gasteiger partial charge in [0.2, 0.25) is 5.28 Å². The van der Waals surface area contributed by atoms with Crippen molar-refractivity contribution < 1.29 is 9.47 Å². The molecule has 0 spiro atoms. The van der Waals surface area contributed by atoms with Crippen LogP contribution < -0.4 is 9.47 Å². The van der Waals surface area contributed by atoms with Crippen molar-refractivity contribution >= 4 is 11.6 Å². The van der Waals surface area contributed by atoms with Crippen molar-refractivity contribution in [2.75, 3.05) is 14.2 Å². The average molecular weight is 296 g/mol. The Morgan fingerprint density at radius 2 is 1.70 bits per heavy atom. The van der Waals surface area contributed by atoms with Gasteiger partial charge in [-0.15, -0.1) is 10.2 Å². The Morgan fingerprint density at radius 3 is 2.25 bits per heavy atom. The van der Waals surface area contributed by atoms with Crippen molar-refractivity contribution in [3.63, 3.8) is 0 Å². The smallest absolute Gasteiger partial charge is 0.229 e. The van der Waals surface area contributed by atoms with Crippen LogP contribution in [0.25, 0.3) is 5.69 Å². The Labute approximate surface area is 123 Å². The zero-order chi connectivity index (χ0) is 14.9. The van der Waals surface area contributed by atoms with Crippen LogP contribution in [0.4, 0.5) is 0 Å². The van der Waals surface area contributed by atoms with Crippen LogP contribution in [0.5, 0.6) is 11.5 Å². The maximum atomic E-state index is 6.17. The number of aromatic nitrogens is 3. The number of ether oxygens (including phenoxy) is 2. The molecule has 1 heterocycles. The van der Waals surface area contributed by atoms with Crippen LogP contribution in [0.2, 0.25) is 5.28 Å². The van der Waals surface area contributed by atoms with Gasteiger partial charge in [-0.3, -0.25) is 4.57 Å². The largest absolute Gasteiger partial charge is 0.493 e. The Hall–Kier alpha value is -1.75. The first kappa shape index (κ1) is 14.7. The second-order valence-corrected chi connectivity index (χ2v) is 5.76. The molecule has 6 heteroatoms. The second kappa shape index (κ2) is 5.32. The van der Waals surface area contributed by atoms with Crippen LogP contribution in [0.1, 0.15) is 26.6 Å². The third kappa shape index (κ3) is 2.58. The maximum Gasteiger partial charge on any atom is 0.229 e. The first-order valence-electron chi connectivity index (χ1n) is 6.22. The van der Waals surface area contributed by atoms with Gasteiger partial charge in [-0.1, -0.05) is 20.8 Å². The topological polar surface area (TPSA) is 49.2 Å². The lowest BCUT2D eigenvalue weighted by Gasteiger charge is -2.19. The van der Waals surface area contributed by atoms with E-state index in [0.717, 1.165) is 11.5 Å². The van der Waals surface area contributed by atoms with Gasteiger partial charge in [0.15, 0.2) is 11.5 Å². The first-order chi connectivity index (χ1) is 9.38. The molecule has 2 aromatic rings. The van der Waals surface area contributed by atoms with E-state index in [0.29, 0.717) is 16.8 Å². The number of methoxy groups -OCH3 is 2. The minimum Gasteiger partial charge on any atom is -0.493 e.